The molecule has 0 aliphatic carbocycles. The van der Waals surface area contributed by atoms with E-state index < -0.39 is 12.0 Å². The summed E-state index contributed by atoms with van der Waals surface area (Å²) in [5.41, 5.74) is 2.21. The zero-order chi connectivity index (χ0) is 19.8. The molecule has 0 atom stereocenters. The number of rotatable bonds is 7. The van der Waals surface area contributed by atoms with Gasteiger partial charge in [0.15, 0.2) is 5.82 Å². The summed E-state index contributed by atoms with van der Waals surface area (Å²) < 4.78 is 6.68. The van der Waals surface area contributed by atoms with Crippen molar-refractivity contribution in [3.05, 3.63) is 83.6 Å². The van der Waals surface area contributed by atoms with Crippen molar-refractivity contribution in [3.8, 4) is 0 Å². The monoisotopic (exact) mass is 378 g/mol. The summed E-state index contributed by atoms with van der Waals surface area (Å²) in [5, 5.41) is 9.74. The maximum Gasteiger partial charge on any atom is 0.343 e. The van der Waals surface area contributed by atoms with Gasteiger partial charge < -0.3 is 10.1 Å². The Morgan fingerprint density at radius 1 is 1.00 bits per heavy atom. The Hall–Kier alpha value is -3.61. The molecular weight excluding hydrogens is 356 g/mol. The SMILES string of the molecule is CCOC(=O)c1cn(Cc2ccccc2)nc1NC(=O)NCc1ccccc1. The Balaban J connectivity index is 1.72. The molecule has 0 bridgehead atoms. The fourth-order valence-electron chi connectivity index (χ4n) is 2.65. The van der Waals surface area contributed by atoms with Crippen LogP contribution in [0.4, 0.5) is 10.6 Å². The molecule has 1 aromatic heterocycles. The number of hydrogen-bond acceptors (Lipinski definition) is 4. The third-order valence-corrected chi connectivity index (χ3v) is 3.97. The molecule has 0 aliphatic rings. The lowest BCUT2D eigenvalue weighted by atomic mass is 10.2. The highest BCUT2D eigenvalue weighted by Gasteiger charge is 2.19. The number of carbonyl (C=O) groups excluding carboxylic acids is 2. The minimum absolute atomic E-state index is 0.167. The molecule has 0 spiro atoms. The Labute approximate surface area is 163 Å². The van der Waals surface area contributed by atoms with Gasteiger partial charge in [0.25, 0.3) is 0 Å². The maximum atomic E-state index is 12.3. The summed E-state index contributed by atoms with van der Waals surface area (Å²) in [6, 6.07) is 18.8. The van der Waals surface area contributed by atoms with E-state index in [9.17, 15) is 9.59 Å². The van der Waals surface area contributed by atoms with Crippen LogP contribution >= 0.6 is 0 Å². The number of benzene rings is 2. The molecule has 0 saturated carbocycles. The van der Waals surface area contributed by atoms with E-state index in [0.717, 1.165) is 11.1 Å². The predicted molar refractivity (Wildman–Crippen MR) is 106 cm³/mol. The van der Waals surface area contributed by atoms with Gasteiger partial charge in [0.1, 0.15) is 5.56 Å². The minimum Gasteiger partial charge on any atom is -0.462 e. The second kappa shape index (κ2) is 9.36. The van der Waals surface area contributed by atoms with Crippen LogP contribution in [-0.2, 0) is 17.8 Å². The summed E-state index contributed by atoms with van der Waals surface area (Å²) in [4.78, 5) is 24.5. The number of anilines is 1. The molecule has 28 heavy (non-hydrogen) atoms. The van der Waals surface area contributed by atoms with E-state index in [-0.39, 0.29) is 18.0 Å². The second-order valence-electron chi connectivity index (χ2n) is 6.09. The van der Waals surface area contributed by atoms with Gasteiger partial charge in [-0.05, 0) is 18.1 Å². The largest absolute Gasteiger partial charge is 0.462 e. The normalized spacial score (nSPS) is 10.3. The zero-order valence-electron chi connectivity index (χ0n) is 15.6. The van der Waals surface area contributed by atoms with Gasteiger partial charge in [-0.2, -0.15) is 5.10 Å². The van der Waals surface area contributed by atoms with Crippen molar-refractivity contribution < 1.29 is 14.3 Å². The van der Waals surface area contributed by atoms with Crippen LogP contribution in [0.2, 0.25) is 0 Å². The molecule has 2 N–H and O–H groups in total. The smallest absolute Gasteiger partial charge is 0.343 e. The molecule has 7 nitrogen and oxygen atoms in total. The molecule has 0 fully saturated rings. The summed E-state index contributed by atoms with van der Waals surface area (Å²) in [7, 11) is 0. The molecule has 0 saturated heterocycles. The molecule has 0 radical (unpaired) electrons. The highest BCUT2D eigenvalue weighted by atomic mass is 16.5. The van der Waals surface area contributed by atoms with Crippen LogP contribution in [0.25, 0.3) is 0 Å². The quantitative estimate of drug-likeness (QED) is 0.617. The first kappa shape index (κ1) is 19.2. The van der Waals surface area contributed by atoms with Crippen molar-refractivity contribution in [3.63, 3.8) is 0 Å². The van der Waals surface area contributed by atoms with Gasteiger partial charge in [0.2, 0.25) is 0 Å². The number of amides is 2. The predicted octanol–water partition coefficient (Wildman–Crippen LogP) is 3.43. The van der Waals surface area contributed by atoms with Gasteiger partial charge in [-0.15, -0.1) is 0 Å². The standard InChI is InChI=1S/C21H22N4O3/c1-2-28-20(26)18-15-25(14-17-11-7-4-8-12-17)24-19(18)23-21(27)22-13-16-9-5-3-6-10-16/h3-12,15H,2,13-14H2,1H3,(H2,22,23,24,27). The number of nitrogens with zero attached hydrogens (tertiary/aromatic N) is 2. The third kappa shape index (κ3) is 5.20. The molecule has 3 aromatic rings. The summed E-state index contributed by atoms with van der Waals surface area (Å²) >= 11 is 0. The number of nitrogens with one attached hydrogen (secondary N) is 2. The van der Waals surface area contributed by atoms with Crippen LogP contribution in [0.15, 0.2) is 66.9 Å². The summed E-state index contributed by atoms with van der Waals surface area (Å²) in [6.45, 7) is 2.81. The lowest BCUT2D eigenvalue weighted by Crippen LogP contribution is -2.29. The molecule has 3 rings (SSSR count). The van der Waals surface area contributed by atoms with E-state index in [1.165, 1.54) is 0 Å². The fourth-order valence-corrected chi connectivity index (χ4v) is 2.65. The molecule has 2 amide bonds. The van der Waals surface area contributed by atoms with Crippen LogP contribution < -0.4 is 10.6 Å². The van der Waals surface area contributed by atoms with Crippen molar-refractivity contribution in [2.24, 2.45) is 0 Å². The average molecular weight is 378 g/mol. The number of carbonyl (C=O) groups is 2. The van der Waals surface area contributed by atoms with E-state index in [1.54, 1.807) is 17.8 Å². The van der Waals surface area contributed by atoms with Crippen LogP contribution in [0.3, 0.4) is 0 Å². The number of hydrogen-bond donors (Lipinski definition) is 2. The first-order valence-corrected chi connectivity index (χ1v) is 9.03. The molecule has 144 valence electrons. The zero-order valence-corrected chi connectivity index (χ0v) is 15.6. The first-order chi connectivity index (χ1) is 13.7. The highest BCUT2D eigenvalue weighted by Crippen LogP contribution is 2.16. The van der Waals surface area contributed by atoms with Gasteiger partial charge >= 0.3 is 12.0 Å². The van der Waals surface area contributed by atoms with E-state index >= 15 is 0 Å². The van der Waals surface area contributed by atoms with Crippen molar-refractivity contribution in [2.45, 2.75) is 20.0 Å². The van der Waals surface area contributed by atoms with Crippen LogP contribution in [-0.4, -0.2) is 28.4 Å². The Kier molecular flexibility index (Phi) is 6.41. The van der Waals surface area contributed by atoms with Gasteiger partial charge in [-0.25, -0.2) is 9.59 Å². The molecular formula is C21H22N4O3. The lowest BCUT2D eigenvalue weighted by molar-refractivity contribution is 0.0527. The minimum atomic E-state index is -0.528. The number of aromatic nitrogens is 2. The number of esters is 1. The average Bonchev–Trinajstić information content (AvgIpc) is 3.10. The molecule has 1 heterocycles. The van der Waals surface area contributed by atoms with Crippen molar-refractivity contribution in [1.82, 2.24) is 15.1 Å². The van der Waals surface area contributed by atoms with Crippen molar-refractivity contribution in [1.29, 1.82) is 0 Å². The number of ether oxygens (including phenoxy) is 1. The summed E-state index contributed by atoms with van der Waals surface area (Å²) in [6.07, 6.45) is 1.58. The first-order valence-electron chi connectivity index (χ1n) is 9.03. The molecule has 7 heteroatoms. The Bertz CT molecular complexity index is 923. The van der Waals surface area contributed by atoms with Gasteiger partial charge in [-0.3, -0.25) is 10.00 Å². The highest BCUT2D eigenvalue weighted by molar-refractivity contribution is 5.99. The van der Waals surface area contributed by atoms with Gasteiger partial charge in [0, 0.05) is 12.7 Å². The number of urea groups is 1. The molecule has 0 unspecified atom stereocenters. The van der Waals surface area contributed by atoms with Crippen LogP contribution in [0, 0.1) is 0 Å². The van der Waals surface area contributed by atoms with E-state index in [2.05, 4.69) is 15.7 Å². The fraction of sp³-hybridized carbons (Fsp3) is 0.190. The molecule has 0 aliphatic heterocycles. The van der Waals surface area contributed by atoms with Gasteiger partial charge in [0.05, 0.1) is 13.2 Å². The maximum absolute atomic E-state index is 12.3. The van der Waals surface area contributed by atoms with E-state index in [1.807, 2.05) is 60.7 Å². The van der Waals surface area contributed by atoms with E-state index in [4.69, 9.17) is 4.74 Å². The Morgan fingerprint density at radius 2 is 1.64 bits per heavy atom. The van der Waals surface area contributed by atoms with Crippen molar-refractivity contribution >= 4 is 17.8 Å². The second-order valence-corrected chi connectivity index (χ2v) is 6.09. The van der Waals surface area contributed by atoms with Crippen molar-refractivity contribution in [2.75, 3.05) is 11.9 Å². The lowest BCUT2D eigenvalue weighted by Gasteiger charge is -2.07. The summed E-state index contributed by atoms with van der Waals surface area (Å²) in [5.74, 6) is -0.361. The topological polar surface area (TPSA) is 85.2 Å². The van der Waals surface area contributed by atoms with Gasteiger partial charge in [-0.1, -0.05) is 60.7 Å². The molecule has 2 aromatic carbocycles. The van der Waals surface area contributed by atoms with Crippen LogP contribution in [0.5, 0.6) is 0 Å². The van der Waals surface area contributed by atoms with Crippen LogP contribution in [0.1, 0.15) is 28.4 Å². The van der Waals surface area contributed by atoms with E-state index in [0.29, 0.717) is 13.1 Å². The third-order valence-electron chi connectivity index (χ3n) is 3.97. The Morgan fingerprint density at radius 3 is 2.29 bits per heavy atom.